The summed E-state index contributed by atoms with van der Waals surface area (Å²) in [5, 5.41) is 9.65. The molecule has 0 radical (unpaired) electrons. The quantitative estimate of drug-likeness (QED) is 0.793. The number of hydrogen-bond acceptors (Lipinski definition) is 2. The van der Waals surface area contributed by atoms with E-state index in [0.717, 1.165) is 11.8 Å². The molecule has 0 fully saturated rings. The largest absolute Gasteiger partial charge is 0.505 e. The second kappa shape index (κ2) is 4.49. The molecule has 0 bridgehead atoms. The Hall–Kier alpha value is -0.730. The van der Waals surface area contributed by atoms with Crippen LogP contribution in [0.3, 0.4) is 0 Å². The van der Waals surface area contributed by atoms with E-state index < -0.39 is 0 Å². The maximum Gasteiger partial charge on any atom is 0.152 e. The lowest BCUT2D eigenvalue weighted by atomic mass is 10.1. The van der Waals surface area contributed by atoms with Gasteiger partial charge in [-0.05, 0) is 24.1 Å². The summed E-state index contributed by atoms with van der Waals surface area (Å²) in [7, 11) is 0. The van der Waals surface area contributed by atoms with Gasteiger partial charge in [-0.25, -0.2) is 0 Å². The van der Waals surface area contributed by atoms with Crippen LogP contribution in [-0.4, -0.2) is 11.4 Å². The lowest BCUT2D eigenvalue weighted by Crippen LogP contribution is -1.86. The summed E-state index contributed by atoms with van der Waals surface area (Å²) in [5.74, 6) is -0.113. The molecule has 1 rings (SSSR count). The third-order valence-corrected chi connectivity index (χ3v) is 2.20. The molecular formula is C9H8Cl2O2. The second-order valence-corrected chi connectivity index (χ2v) is 3.43. The predicted octanol–water partition coefficient (Wildman–Crippen LogP) is 2.83. The van der Waals surface area contributed by atoms with E-state index in [2.05, 4.69) is 0 Å². The first-order valence-electron chi connectivity index (χ1n) is 3.75. The van der Waals surface area contributed by atoms with Crippen LogP contribution in [0.5, 0.6) is 5.75 Å². The average Bonchev–Trinajstić information content (AvgIpc) is 2.10. The number of phenolic OH excluding ortho intramolecular Hbond substituents is 1. The minimum absolute atomic E-state index is 0.113. The number of phenols is 1. The highest BCUT2D eigenvalue weighted by molar-refractivity contribution is 6.37. The van der Waals surface area contributed by atoms with Crippen LogP contribution in [0.2, 0.25) is 10.0 Å². The normalized spacial score (nSPS) is 10.0. The van der Waals surface area contributed by atoms with Gasteiger partial charge >= 0.3 is 0 Å². The smallest absolute Gasteiger partial charge is 0.152 e. The maximum absolute atomic E-state index is 10.1. The van der Waals surface area contributed by atoms with Gasteiger partial charge in [-0.3, -0.25) is 0 Å². The molecule has 13 heavy (non-hydrogen) atoms. The van der Waals surface area contributed by atoms with Crippen LogP contribution in [0.15, 0.2) is 12.1 Å². The van der Waals surface area contributed by atoms with Crippen molar-refractivity contribution in [2.45, 2.75) is 12.8 Å². The van der Waals surface area contributed by atoms with Gasteiger partial charge in [0.2, 0.25) is 0 Å². The Morgan fingerprint density at radius 2 is 1.85 bits per heavy atom. The van der Waals surface area contributed by atoms with Crippen LogP contribution >= 0.6 is 23.2 Å². The monoisotopic (exact) mass is 218 g/mol. The van der Waals surface area contributed by atoms with Crippen molar-refractivity contribution in [1.29, 1.82) is 0 Å². The van der Waals surface area contributed by atoms with Gasteiger partial charge in [0.25, 0.3) is 0 Å². The molecular weight excluding hydrogens is 211 g/mol. The summed E-state index contributed by atoms with van der Waals surface area (Å²) >= 11 is 11.4. The predicted molar refractivity (Wildman–Crippen MR) is 52.5 cm³/mol. The molecule has 0 heterocycles. The number of aldehydes is 1. The Morgan fingerprint density at radius 3 is 2.31 bits per heavy atom. The summed E-state index contributed by atoms with van der Waals surface area (Å²) in [5.41, 5.74) is 0.847. The average molecular weight is 219 g/mol. The number of carbonyl (C=O) groups excluding carboxylic acids is 1. The third kappa shape index (κ3) is 2.61. The van der Waals surface area contributed by atoms with Crippen molar-refractivity contribution in [3.63, 3.8) is 0 Å². The topological polar surface area (TPSA) is 37.3 Å². The number of benzene rings is 1. The zero-order chi connectivity index (χ0) is 9.84. The Bertz CT molecular complexity index is 300. The highest BCUT2D eigenvalue weighted by Crippen LogP contribution is 2.32. The van der Waals surface area contributed by atoms with Gasteiger partial charge in [-0.15, -0.1) is 0 Å². The van der Waals surface area contributed by atoms with Crippen LogP contribution in [-0.2, 0) is 11.2 Å². The van der Waals surface area contributed by atoms with Crippen LogP contribution < -0.4 is 0 Å². The summed E-state index contributed by atoms with van der Waals surface area (Å²) in [6, 6.07) is 3.21. The first-order chi connectivity index (χ1) is 6.15. The molecule has 1 N–H and O–H groups in total. The van der Waals surface area contributed by atoms with Crippen LogP contribution in [0.1, 0.15) is 12.0 Å². The minimum atomic E-state index is -0.113. The van der Waals surface area contributed by atoms with E-state index in [0.29, 0.717) is 12.8 Å². The van der Waals surface area contributed by atoms with Gasteiger partial charge in [0.15, 0.2) is 5.75 Å². The molecule has 0 amide bonds. The van der Waals surface area contributed by atoms with E-state index in [9.17, 15) is 9.90 Å². The van der Waals surface area contributed by atoms with Crippen molar-refractivity contribution in [1.82, 2.24) is 0 Å². The van der Waals surface area contributed by atoms with E-state index in [1.54, 1.807) is 12.1 Å². The molecule has 1 aromatic rings. The zero-order valence-electron chi connectivity index (χ0n) is 6.76. The highest BCUT2D eigenvalue weighted by Gasteiger charge is 2.05. The molecule has 1 aromatic carbocycles. The van der Waals surface area contributed by atoms with Gasteiger partial charge < -0.3 is 9.90 Å². The summed E-state index contributed by atoms with van der Waals surface area (Å²) in [4.78, 5) is 10.1. The van der Waals surface area contributed by atoms with Gasteiger partial charge in [0.1, 0.15) is 6.29 Å². The molecule has 0 saturated heterocycles. The van der Waals surface area contributed by atoms with Crippen LogP contribution in [0.25, 0.3) is 0 Å². The van der Waals surface area contributed by atoms with Crippen LogP contribution in [0, 0.1) is 0 Å². The Balaban J connectivity index is 2.92. The number of aromatic hydroxyl groups is 1. The molecule has 0 aliphatic heterocycles. The van der Waals surface area contributed by atoms with Crippen LogP contribution in [0.4, 0.5) is 0 Å². The molecule has 0 unspecified atom stereocenters. The van der Waals surface area contributed by atoms with Gasteiger partial charge in [-0.2, -0.15) is 0 Å². The Morgan fingerprint density at radius 1 is 1.31 bits per heavy atom. The molecule has 70 valence electrons. The molecule has 0 aromatic heterocycles. The van der Waals surface area contributed by atoms with Gasteiger partial charge in [-0.1, -0.05) is 23.2 Å². The fraction of sp³-hybridized carbons (Fsp3) is 0.222. The molecule has 0 atom stereocenters. The summed E-state index contributed by atoms with van der Waals surface area (Å²) in [6.45, 7) is 0. The molecule has 0 aliphatic carbocycles. The van der Waals surface area contributed by atoms with Crippen molar-refractivity contribution in [2.24, 2.45) is 0 Å². The van der Waals surface area contributed by atoms with Crippen molar-refractivity contribution in [2.75, 3.05) is 0 Å². The fourth-order valence-corrected chi connectivity index (χ4v) is 1.52. The van der Waals surface area contributed by atoms with Crippen molar-refractivity contribution in [3.05, 3.63) is 27.7 Å². The highest BCUT2D eigenvalue weighted by atomic mass is 35.5. The van der Waals surface area contributed by atoms with Crippen molar-refractivity contribution >= 4 is 29.5 Å². The summed E-state index contributed by atoms with van der Waals surface area (Å²) < 4.78 is 0. The maximum atomic E-state index is 10.1. The van der Waals surface area contributed by atoms with E-state index in [1.165, 1.54) is 0 Å². The third-order valence-electron chi connectivity index (χ3n) is 1.63. The lowest BCUT2D eigenvalue weighted by Gasteiger charge is -2.03. The standard InChI is InChI=1S/C9H8Cl2O2/c10-7-4-6(2-1-3-12)5-8(11)9(7)13/h3-5,13H,1-2H2. The number of aryl methyl sites for hydroxylation is 1. The zero-order valence-corrected chi connectivity index (χ0v) is 8.27. The number of rotatable bonds is 3. The molecule has 2 nitrogen and oxygen atoms in total. The van der Waals surface area contributed by atoms with Crippen molar-refractivity contribution in [3.8, 4) is 5.75 Å². The molecule has 4 heteroatoms. The number of hydrogen-bond donors (Lipinski definition) is 1. The molecule has 0 spiro atoms. The lowest BCUT2D eigenvalue weighted by molar-refractivity contribution is -0.107. The number of carbonyl (C=O) groups is 1. The van der Waals surface area contributed by atoms with E-state index in [1.807, 2.05) is 0 Å². The SMILES string of the molecule is O=CCCc1cc(Cl)c(O)c(Cl)c1. The van der Waals surface area contributed by atoms with Gasteiger partial charge in [0.05, 0.1) is 10.0 Å². The Kier molecular flexibility index (Phi) is 3.58. The van der Waals surface area contributed by atoms with Gasteiger partial charge in [0, 0.05) is 6.42 Å². The minimum Gasteiger partial charge on any atom is -0.505 e. The molecule has 0 aliphatic rings. The fourth-order valence-electron chi connectivity index (χ4n) is 0.988. The Labute approximate surface area is 86.1 Å². The van der Waals surface area contributed by atoms with E-state index in [-0.39, 0.29) is 15.8 Å². The first kappa shape index (κ1) is 10.4. The first-order valence-corrected chi connectivity index (χ1v) is 4.51. The second-order valence-electron chi connectivity index (χ2n) is 2.61. The van der Waals surface area contributed by atoms with Crippen molar-refractivity contribution < 1.29 is 9.90 Å². The number of halogens is 2. The van der Waals surface area contributed by atoms with E-state index >= 15 is 0 Å². The summed E-state index contributed by atoms with van der Waals surface area (Å²) in [6.07, 6.45) is 1.84. The molecule has 0 saturated carbocycles. The van der Waals surface area contributed by atoms with E-state index in [4.69, 9.17) is 23.2 Å².